The van der Waals surface area contributed by atoms with Gasteiger partial charge >= 0.3 is 5.97 Å². The van der Waals surface area contributed by atoms with Crippen LogP contribution >= 0.6 is 0 Å². The molecule has 0 radical (unpaired) electrons. The van der Waals surface area contributed by atoms with Crippen molar-refractivity contribution in [3.05, 3.63) is 53.6 Å². The number of likely N-dealkylation sites (tertiary alicyclic amines) is 1. The first-order valence-electron chi connectivity index (χ1n) is 9.01. The van der Waals surface area contributed by atoms with Crippen LogP contribution in [0.15, 0.2) is 42.5 Å². The zero-order chi connectivity index (χ0) is 20.1. The molecule has 1 N–H and O–H groups in total. The van der Waals surface area contributed by atoms with E-state index in [1.54, 1.807) is 37.3 Å². The second-order valence-electron chi connectivity index (χ2n) is 6.45. The number of carbonyl (C=O) groups excluding carboxylic acids is 2. The van der Waals surface area contributed by atoms with Crippen molar-refractivity contribution in [2.45, 2.75) is 18.9 Å². The Hall–Kier alpha value is -3.22. The molecule has 0 aromatic heterocycles. The van der Waals surface area contributed by atoms with Crippen LogP contribution < -0.4 is 9.47 Å². The Morgan fingerprint density at radius 3 is 2.64 bits per heavy atom. The van der Waals surface area contributed by atoms with Crippen LogP contribution in [0, 0.1) is 0 Å². The minimum Gasteiger partial charge on any atom is -0.507 e. The predicted molar refractivity (Wildman–Crippen MR) is 102 cm³/mol. The molecule has 0 aliphatic carbocycles. The van der Waals surface area contributed by atoms with E-state index in [0.717, 1.165) is 18.4 Å². The van der Waals surface area contributed by atoms with Gasteiger partial charge in [-0.3, -0.25) is 4.79 Å². The number of aromatic hydroxyl groups is 1. The second-order valence-corrected chi connectivity index (χ2v) is 6.45. The third-order valence-corrected chi connectivity index (χ3v) is 4.82. The monoisotopic (exact) mass is 385 g/mol. The number of amides is 1. The van der Waals surface area contributed by atoms with E-state index in [2.05, 4.69) is 0 Å². The molecule has 0 bridgehead atoms. The largest absolute Gasteiger partial charge is 0.507 e. The van der Waals surface area contributed by atoms with Crippen molar-refractivity contribution < 1.29 is 28.9 Å². The predicted octanol–water partition coefficient (Wildman–Crippen LogP) is 2.93. The SMILES string of the molecule is COc1ccc(OC)c([C@@H]2CCCN2C(=O)COC(=O)c2ccccc2O)c1. The Balaban J connectivity index is 1.72. The van der Waals surface area contributed by atoms with Crippen molar-refractivity contribution in [2.24, 2.45) is 0 Å². The van der Waals surface area contributed by atoms with E-state index in [1.165, 1.54) is 12.1 Å². The summed E-state index contributed by atoms with van der Waals surface area (Å²) in [6.45, 7) is 0.175. The number of carbonyl (C=O) groups is 2. The van der Waals surface area contributed by atoms with Gasteiger partial charge in [0.2, 0.25) is 0 Å². The van der Waals surface area contributed by atoms with Crippen LogP contribution in [0.5, 0.6) is 17.2 Å². The molecule has 7 nitrogen and oxygen atoms in total. The Labute approximate surface area is 163 Å². The fraction of sp³-hybridized carbons (Fsp3) is 0.333. The summed E-state index contributed by atoms with van der Waals surface area (Å²) in [5, 5.41) is 9.73. The highest BCUT2D eigenvalue weighted by molar-refractivity contribution is 5.93. The lowest BCUT2D eigenvalue weighted by Gasteiger charge is -2.26. The number of rotatable bonds is 6. The third-order valence-electron chi connectivity index (χ3n) is 4.82. The number of phenols is 1. The summed E-state index contributed by atoms with van der Waals surface area (Å²) in [4.78, 5) is 26.5. The highest BCUT2D eigenvalue weighted by Gasteiger charge is 2.32. The van der Waals surface area contributed by atoms with Gasteiger partial charge < -0.3 is 24.2 Å². The number of benzene rings is 2. The van der Waals surface area contributed by atoms with Crippen LogP contribution in [0.1, 0.15) is 34.8 Å². The quantitative estimate of drug-likeness (QED) is 0.770. The molecular weight excluding hydrogens is 362 g/mol. The molecule has 0 spiro atoms. The van der Waals surface area contributed by atoms with Crippen LogP contribution in [0.3, 0.4) is 0 Å². The smallest absolute Gasteiger partial charge is 0.342 e. The Morgan fingerprint density at radius 1 is 1.14 bits per heavy atom. The molecule has 2 aromatic carbocycles. The lowest BCUT2D eigenvalue weighted by molar-refractivity contribution is -0.135. The maximum atomic E-state index is 12.7. The maximum absolute atomic E-state index is 12.7. The van der Waals surface area contributed by atoms with Gasteiger partial charge in [-0.05, 0) is 43.2 Å². The van der Waals surface area contributed by atoms with E-state index in [9.17, 15) is 14.7 Å². The Morgan fingerprint density at radius 2 is 1.93 bits per heavy atom. The number of ether oxygens (including phenoxy) is 3. The van der Waals surface area contributed by atoms with Crippen molar-refractivity contribution in [1.29, 1.82) is 0 Å². The fourth-order valence-corrected chi connectivity index (χ4v) is 3.42. The first-order valence-corrected chi connectivity index (χ1v) is 9.01. The third kappa shape index (κ3) is 4.03. The van der Waals surface area contributed by atoms with E-state index in [-0.39, 0.29) is 23.3 Å². The van der Waals surface area contributed by atoms with Crippen molar-refractivity contribution in [3.63, 3.8) is 0 Å². The molecule has 0 unspecified atom stereocenters. The van der Waals surface area contributed by atoms with Crippen molar-refractivity contribution in [3.8, 4) is 17.2 Å². The lowest BCUT2D eigenvalue weighted by Crippen LogP contribution is -2.34. The zero-order valence-electron chi connectivity index (χ0n) is 15.9. The summed E-state index contributed by atoms with van der Waals surface area (Å²) in [7, 11) is 3.17. The molecule has 1 aliphatic heterocycles. The molecule has 1 heterocycles. The van der Waals surface area contributed by atoms with Crippen molar-refractivity contribution >= 4 is 11.9 Å². The summed E-state index contributed by atoms with van der Waals surface area (Å²) < 4.78 is 15.9. The Bertz CT molecular complexity index is 866. The van der Waals surface area contributed by atoms with Crippen LogP contribution in [-0.4, -0.2) is 49.3 Å². The molecule has 1 fully saturated rings. The number of phenolic OH excluding ortho intramolecular Hbond substituents is 1. The van der Waals surface area contributed by atoms with Gasteiger partial charge in [0.25, 0.3) is 5.91 Å². The molecule has 7 heteroatoms. The van der Waals surface area contributed by atoms with Gasteiger partial charge in [-0.2, -0.15) is 0 Å². The summed E-state index contributed by atoms with van der Waals surface area (Å²) in [6.07, 6.45) is 1.62. The normalized spacial score (nSPS) is 15.9. The van der Waals surface area contributed by atoms with Crippen molar-refractivity contribution in [1.82, 2.24) is 4.90 Å². The summed E-state index contributed by atoms with van der Waals surface area (Å²) >= 11 is 0. The molecule has 1 amide bonds. The van der Waals surface area contributed by atoms with Gasteiger partial charge in [-0.25, -0.2) is 4.79 Å². The molecule has 28 heavy (non-hydrogen) atoms. The summed E-state index contributed by atoms with van der Waals surface area (Å²) in [5.74, 6) is 0.148. The summed E-state index contributed by atoms with van der Waals surface area (Å²) in [5.41, 5.74) is 0.891. The number of hydrogen-bond acceptors (Lipinski definition) is 6. The van der Waals surface area contributed by atoms with E-state index < -0.39 is 12.6 Å². The van der Waals surface area contributed by atoms with Gasteiger partial charge in [0.1, 0.15) is 22.8 Å². The van der Waals surface area contributed by atoms with Crippen LogP contribution in [0.25, 0.3) is 0 Å². The first kappa shape index (κ1) is 19.5. The van der Waals surface area contributed by atoms with Gasteiger partial charge in [0, 0.05) is 12.1 Å². The number of para-hydroxylation sites is 1. The topological polar surface area (TPSA) is 85.3 Å². The summed E-state index contributed by atoms with van der Waals surface area (Å²) in [6, 6.07) is 11.4. The minimum atomic E-state index is -0.735. The number of nitrogens with zero attached hydrogens (tertiary/aromatic N) is 1. The molecule has 148 valence electrons. The lowest BCUT2D eigenvalue weighted by atomic mass is 10.0. The highest BCUT2D eigenvalue weighted by Crippen LogP contribution is 2.38. The molecule has 0 saturated carbocycles. The van der Waals surface area contributed by atoms with Gasteiger partial charge in [-0.1, -0.05) is 12.1 Å². The highest BCUT2D eigenvalue weighted by atomic mass is 16.5. The zero-order valence-corrected chi connectivity index (χ0v) is 15.9. The number of hydrogen-bond donors (Lipinski definition) is 1. The van der Waals surface area contributed by atoms with Crippen molar-refractivity contribution in [2.75, 3.05) is 27.4 Å². The maximum Gasteiger partial charge on any atom is 0.342 e. The molecule has 2 aromatic rings. The fourth-order valence-electron chi connectivity index (χ4n) is 3.42. The van der Waals surface area contributed by atoms with Crippen LogP contribution in [0.4, 0.5) is 0 Å². The number of esters is 1. The van der Waals surface area contributed by atoms with E-state index in [1.807, 2.05) is 12.1 Å². The Kier molecular flexibility index (Phi) is 6.03. The van der Waals surface area contributed by atoms with Crippen LogP contribution in [-0.2, 0) is 9.53 Å². The van der Waals surface area contributed by atoms with E-state index >= 15 is 0 Å². The first-order chi connectivity index (χ1) is 13.5. The average molecular weight is 385 g/mol. The molecule has 1 saturated heterocycles. The molecule has 1 aliphatic rings. The van der Waals surface area contributed by atoms with Gasteiger partial charge in [0.05, 0.1) is 20.3 Å². The number of methoxy groups -OCH3 is 2. The van der Waals surface area contributed by atoms with E-state index in [4.69, 9.17) is 14.2 Å². The van der Waals surface area contributed by atoms with E-state index in [0.29, 0.717) is 18.0 Å². The molecular formula is C21H23NO6. The minimum absolute atomic E-state index is 0.0303. The standard InChI is InChI=1S/C21H23NO6/c1-26-14-9-10-19(27-2)16(12-14)17-7-5-11-22(17)20(24)13-28-21(25)15-6-3-4-8-18(15)23/h3-4,6,8-10,12,17,23H,5,7,11,13H2,1-2H3/t17-/m0/s1. The molecule has 3 rings (SSSR count). The van der Waals surface area contributed by atoms with Gasteiger partial charge in [0.15, 0.2) is 6.61 Å². The van der Waals surface area contributed by atoms with Crippen LogP contribution in [0.2, 0.25) is 0 Å². The molecule has 1 atom stereocenters. The van der Waals surface area contributed by atoms with Gasteiger partial charge in [-0.15, -0.1) is 0 Å². The second kappa shape index (κ2) is 8.65. The average Bonchev–Trinajstić information content (AvgIpc) is 3.21.